The predicted octanol–water partition coefficient (Wildman–Crippen LogP) is 4.14. The topological polar surface area (TPSA) is 69.4 Å². The number of carbonyl (C=O) groups excluding carboxylic acids is 1. The molecule has 0 saturated carbocycles. The first kappa shape index (κ1) is 17.9. The zero-order valence-electron chi connectivity index (χ0n) is 14.8. The molecule has 0 amide bonds. The van der Waals surface area contributed by atoms with Crippen LogP contribution in [-0.4, -0.2) is 33.1 Å². The molecule has 3 aromatic rings. The van der Waals surface area contributed by atoms with Gasteiger partial charge in [-0.2, -0.15) is 0 Å². The predicted molar refractivity (Wildman–Crippen MR) is 105 cm³/mol. The van der Waals surface area contributed by atoms with E-state index in [1.807, 2.05) is 47.2 Å². The molecule has 3 heterocycles. The molecule has 0 fully saturated rings. The van der Waals surface area contributed by atoms with Gasteiger partial charge in [-0.25, -0.2) is 0 Å². The Kier molecular flexibility index (Phi) is 4.80. The van der Waals surface area contributed by atoms with Gasteiger partial charge in [0.2, 0.25) is 0 Å². The van der Waals surface area contributed by atoms with E-state index in [-0.39, 0.29) is 12.4 Å². The zero-order valence-corrected chi connectivity index (χ0v) is 16.4. The molecule has 0 unspecified atom stereocenters. The third-order valence-electron chi connectivity index (χ3n) is 4.32. The molecular formula is C19H17ClN4O2S. The van der Waals surface area contributed by atoms with Crippen LogP contribution in [0, 0.1) is 6.92 Å². The van der Waals surface area contributed by atoms with Gasteiger partial charge in [0, 0.05) is 16.1 Å². The Balaban J connectivity index is 1.88. The van der Waals surface area contributed by atoms with Crippen LogP contribution in [0.2, 0.25) is 5.02 Å². The molecule has 2 aromatic heterocycles. The Morgan fingerprint density at radius 2 is 2.04 bits per heavy atom. The number of halogens is 1. The lowest BCUT2D eigenvalue weighted by Crippen LogP contribution is -2.13. The lowest BCUT2D eigenvalue weighted by Gasteiger charge is -2.11. The standard InChI is InChI=1S/C19H17ClN4O2S/c1-3-26-16(25)10-15-18-23-22-11(2)24(18)19-14(8-9-27-19)17(21-15)12-4-6-13(20)7-5-12/h4-9,15H,3,10H2,1-2H3/t15-/m0/s1. The van der Waals surface area contributed by atoms with Gasteiger partial charge in [-0.1, -0.05) is 23.7 Å². The van der Waals surface area contributed by atoms with Gasteiger partial charge in [-0.15, -0.1) is 21.5 Å². The average molecular weight is 401 g/mol. The molecule has 0 radical (unpaired) electrons. The van der Waals surface area contributed by atoms with Crippen LogP contribution in [-0.2, 0) is 9.53 Å². The molecule has 6 nitrogen and oxygen atoms in total. The van der Waals surface area contributed by atoms with Crippen LogP contribution in [0.25, 0.3) is 5.00 Å². The summed E-state index contributed by atoms with van der Waals surface area (Å²) in [6, 6.07) is 9.09. The van der Waals surface area contributed by atoms with E-state index in [1.54, 1.807) is 18.3 Å². The van der Waals surface area contributed by atoms with Crippen molar-refractivity contribution in [1.82, 2.24) is 14.8 Å². The van der Waals surface area contributed by atoms with E-state index in [9.17, 15) is 4.79 Å². The quantitative estimate of drug-likeness (QED) is 0.617. The number of benzene rings is 1. The van der Waals surface area contributed by atoms with Gasteiger partial charge in [0.1, 0.15) is 16.9 Å². The van der Waals surface area contributed by atoms with Crippen molar-refractivity contribution in [3.8, 4) is 5.00 Å². The number of hydrogen-bond acceptors (Lipinski definition) is 6. The molecule has 1 aromatic carbocycles. The van der Waals surface area contributed by atoms with Crippen molar-refractivity contribution in [2.75, 3.05) is 6.61 Å². The Morgan fingerprint density at radius 1 is 1.26 bits per heavy atom. The molecule has 4 rings (SSSR count). The van der Waals surface area contributed by atoms with Gasteiger partial charge in [0.15, 0.2) is 5.82 Å². The Hall–Kier alpha value is -2.51. The minimum atomic E-state index is -0.476. The normalized spacial score (nSPS) is 15.5. The summed E-state index contributed by atoms with van der Waals surface area (Å²) < 4.78 is 7.12. The lowest BCUT2D eigenvalue weighted by atomic mass is 10.0. The van der Waals surface area contributed by atoms with E-state index < -0.39 is 6.04 Å². The second kappa shape index (κ2) is 7.25. The van der Waals surface area contributed by atoms with Gasteiger partial charge < -0.3 is 4.74 Å². The maximum Gasteiger partial charge on any atom is 0.308 e. The monoisotopic (exact) mass is 400 g/mol. The minimum absolute atomic E-state index is 0.109. The maximum absolute atomic E-state index is 12.2. The van der Waals surface area contributed by atoms with Crippen LogP contribution in [0.1, 0.15) is 42.2 Å². The van der Waals surface area contributed by atoms with E-state index in [4.69, 9.17) is 21.3 Å². The van der Waals surface area contributed by atoms with Crippen LogP contribution in [0.3, 0.4) is 0 Å². The van der Waals surface area contributed by atoms with Crippen molar-refractivity contribution in [2.24, 2.45) is 4.99 Å². The Morgan fingerprint density at radius 3 is 2.78 bits per heavy atom. The largest absolute Gasteiger partial charge is 0.466 e. The summed E-state index contributed by atoms with van der Waals surface area (Å²) in [4.78, 5) is 17.1. The summed E-state index contributed by atoms with van der Waals surface area (Å²) in [6.07, 6.45) is 0.109. The first-order chi connectivity index (χ1) is 13.1. The molecule has 1 aliphatic rings. The first-order valence-electron chi connectivity index (χ1n) is 8.58. The highest BCUT2D eigenvalue weighted by atomic mass is 35.5. The van der Waals surface area contributed by atoms with Crippen LogP contribution < -0.4 is 0 Å². The molecule has 138 valence electrons. The van der Waals surface area contributed by atoms with Crippen molar-refractivity contribution in [2.45, 2.75) is 26.3 Å². The number of rotatable bonds is 4. The summed E-state index contributed by atoms with van der Waals surface area (Å²) in [5.74, 6) is 1.10. The fourth-order valence-corrected chi connectivity index (χ4v) is 4.22. The smallest absolute Gasteiger partial charge is 0.308 e. The number of nitrogens with zero attached hydrogens (tertiary/aromatic N) is 4. The SMILES string of the molecule is CCOC(=O)C[C@@H]1N=C(c2ccc(Cl)cc2)c2ccsc2-n2c(C)nnc21. The average Bonchev–Trinajstić information content (AvgIpc) is 3.23. The summed E-state index contributed by atoms with van der Waals surface area (Å²) >= 11 is 7.64. The highest BCUT2D eigenvalue weighted by molar-refractivity contribution is 7.13. The number of esters is 1. The summed E-state index contributed by atoms with van der Waals surface area (Å²) in [5, 5.41) is 12.2. The molecule has 1 aliphatic heterocycles. The van der Waals surface area contributed by atoms with Gasteiger partial charge in [-0.3, -0.25) is 14.4 Å². The third kappa shape index (κ3) is 3.28. The van der Waals surface area contributed by atoms with Gasteiger partial charge in [0.05, 0.1) is 18.7 Å². The van der Waals surface area contributed by atoms with Crippen molar-refractivity contribution < 1.29 is 9.53 Å². The van der Waals surface area contributed by atoms with Gasteiger partial charge >= 0.3 is 5.97 Å². The number of hydrogen-bond donors (Lipinski definition) is 0. The van der Waals surface area contributed by atoms with Crippen molar-refractivity contribution in [3.63, 3.8) is 0 Å². The van der Waals surface area contributed by atoms with Crippen molar-refractivity contribution >= 4 is 34.6 Å². The fourth-order valence-electron chi connectivity index (χ4n) is 3.14. The van der Waals surface area contributed by atoms with Crippen molar-refractivity contribution in [3.05, 3.63) is 63.5 Å². The number of fused-ring (bicyclic) bond motifs is 3. The Labute approximate surface area is 165 Å². The Bertz CT molecular complexity index is 1020. The third-order valence-corrected chi connectivity index (χ3v) is 5.47. The number of thiophene rings is 1. The number of aromatic nitrogens is 3. The molecule has 27 heavy (non-hydrogen) atoms. The molecule has 1 atom stereocenters. The lowest BCUT2D eigenvalue weighted by molar-refractivity contribution is -0.143. The van der Waals surface area contributed by atoms with E-state index >= 15 is 0 Å². The summed E-state index contributed by atoms with van der Waals surface area (Å²) in [7, 11) is 0. The van der Waals surface area contributed by atoms with E-state index in [0.717, 1.165) is 27.7 Å². The summed E-state index contributed by atoms with van der Waals surface area (Å²) in [6.45, 7) is 4.02. The molecular weight excluding hydrogens is 384 g/mol. The highest BCUT2D eigenvalue weighted by Gasteiger charge is 2.30. The van der Waals surface area contributed by atoms with Gasteiger partial charge in [0.25, 0.3) is 0 Å². The second-order valence-electron chi connectivity index (χ2n) is 6.09. The zero-order chi connectivity index (χ0) is 19.0. The fraction of sp³-hybridized carbons (Fsp3) is 0.263. The van der Waals surface area contributed by atoms with Crippen LogP contribution in [0.15, 0.2) is 40.7 Å². The first-order valence-corrected chi connectivity index (χ1v) is 9.83. The molecule has 0 N–H and O–H groups in total. The van der Waals surface area contributed by atoms with Crippen LogP contribution in [0.4, 0.5) is 0 Å². The van der Waals surface area contributed by atoms with E-state index in [0.29, 0.717) is 17.5 Å². The molecule has 0 saturated heterocycles. The summed E-state index contributed by atoms with van der Waals surface area (Å²) in [5.41, 5.74) is 2.73. The maximum atomic E-state index is 12.2. The van der Waals surface area contributed by atoms with Gasteiger partial charge in [-0.05, 0) is 37.4 Å². The molecule has 8 heteroatoms. The minimum Gasteiger partial charge on any atom is -0.466 e. The number of aliphatic imine (C=N–C) groups is 1. The highest BCUT2D eigenvalue weighted by Crippen LogP contribution is 2.35. The molecule has 0 bridgehead atoms. The van der Waals surface area contributed by atoms with Crippen LogP contribution in [0.5, 0.6) is 0 Å². The number of ether oxygens (including phenoxy) is 1. The number of carbonyl (C=O) groups is 1. The second-order valence-corrected chi connectivity index (χ2v) is 7.42. The van der Waals surface area contributed by atoms with E-state index in [2.05, 4.69) is 10.2 Å². The van der Waals surface area contributed by atoms with Crippen molar-refractivity contribution in [1.29, 1.82) is 0 Å². The van der Waals surface area contributed by atoms with E-state index in [1.165, 1.54) is 0 Å². The number of aryl methyl sites for hydroxylation is 1. The molecule has 0 spiro atoms. The molecule has 0 aliphatic carbocycles. The van der Waals surface area contributed by atoms with Crippen LogP contribution >= 0.6 is 22.9 Å².